The van der Waals surface area contributed by atoms with Crippen LogP contribution < -0.4 is 0 Å². The summed E-state index contributed by atoms with van der Waals surface area (Å²) in [7, 11) is 0. The van der Waals surface area contributed by atoms with Crippen LogP contribution in [0.1, 0.15) is 43.0 Å². The van der Waals surface area contributed by atoms with Gasteiger partial charge in [0.1, 0.15) is 5.60 Å². The lowest BCUT2D eigenvalue weighted by Crippen LogP contribution is -2.40. The minimum absolute atomic E-state index is 0.0349. The number of hydrogen-bond donors (Lipinski definition) is 1. The molecule has 1 amide bonds. The monoisotopic (exact) mass is 303 g/mol. The molecule has 0 aliphatic carbocycles. The molecule has 22 heavy (non-hydrogen) atoms. The second-order valence-corrected chi connectivity index (χ2v) is 6.70. The number of carbonyl (C=O) groups excluding carboxylic acids is 1. The first-order chi connectivity index (χ1) is 10.3. The number of benzene rings is 1. The van der Waals surface area contributed by atoms with Gasteiger partial charge in [-0.25, -0.2) is 4.79 Å². The molecular weight excluding hydrogens is 278 g/mol. The SMILES string of the molecule is C=CCc1cc(CO)cc2c1CN(C(=O)OC(C)(C)C)CC2. The molecule has 0 atom stereocenters. The molecule has 1 aliphatic rings. The van der Waals surface area contributed by atoms with E-state index in [0.717, 1.165) is 29.5 Å². The van der Waals surface area contributed by atoms with Gasteiger partial charge in [0.25, 0.3) is 0 Å². The third kappa shape index (κ3) is 3.89. The maximum Gasteiger partial charge on any atom is 0.410 e. The summed E-state index contributed by atoms with van der Waals surface area (Å²) in [5, 5.41) is 9.39. The van der Waals surface area contributed by atoms with Crippen LogP contribution in [0.25, 0.3) is 0 Å². The van der Waals surface area contributed by atoms with Gasteiger partial charge in [0, 0.05) is 13.1 Å². The summed E-state index contributed by atoms with van der Waals surface area (Å²) < 4.78 is 5.46. The van der Waals surface area contributed by atoms with Crippen molar-refractivity contribution < 1.29 is 14.6 Å². The first kappa shape index (κ1) is 16.6. The maximum atomic E-state index is 12.3. The molecule has 0 radical (unpaired) electrons. The zero-order chi connectivity index (χ0) is 16.3. The highest BCUT2D eigenvalue weighted by molar-refractivity contribution is 5.69. The summed E-state index contributed by atoms with van der Waals surface area (Å²) in [4.78, 5) is 14.0. The van der Waals surface area contributed by atoms with Crippen LogP contribution in [0.3, 0.4) is 0 Å². The molecule has 1 N–H and O–H groups in total. The quantitative estimate of drug-likeness (QED) is 0.872. The van der Waals surface area contributed by atoms with E-state index in [1.807, 2.05) is 39.0 Å². The van der Waals surface area contributed by atoms with Crippen LogP contribution >= 0.6 is 0 Å². The maximum absolute atomic E-state index is 12.3. The van der Waals surface area contributed by atoms with Gasteiger partial charge in [0.15, 0.2) is 0 Å². The highest BCUT2D eigenvalue weighted by atomic mass is 16.6. The molecular formula is C18H25NO3. The Morgan fingerprint density at radius 1 is 1.45 bits per heavy atom. The Balaban J connectivity index is 2.25. The number of aliphatic hydroxyl groups excluding tert-OH is 1. The van der Waals surface area contributed by atoms with Crippen LogP contribution in [0.15, 0.2) is 24.8 Å². The highest BCUT2D eigenvalue weighted by Crippen LogP contribution is 2.26. The highest BCUT2D eigenvalue weighted by Gasteiger charge is 2.27. The van der Waals surface area contributed by atoms with Crippen molar-refractivity contribution >= 4 is 6.09 Å². The fourth-order valence-electron chi connectivity index (χ4n) is 2.73. The number of ether oxygens (including phenoxy) is 1. The lowest BCUT2D eigenvalue weighted by molar-refractivity contribution is 0.0223. The topological polar surface area (TPSA) is 49.8 Å². The average Bonchev–Trinajstić information content (AvgIpc) is 2.45. The smallest absolute Gasteiger partial charge is 0.410 e. The van der Waals surface area contributed by atoms with Gasteiger partial charge in [0.2, 0.25) is 0 Å². The standard InChI is InChI=1S/C18H25NO3/c1-5-6-14-9-13(12-20)10-15-7-8-19(11-16(14)15)17(21)22-18(2,3)4/h5,9-10,20H,1,6-8,11-12H2,2-4H3. The number of rotatable bonds is 3. The van der Waals surface area contributed by atoms with Crippen molar-refractivity contribution in [1.82, 2.24) is 4.90 Å². The summed E-state index contributed by atoms with van der Waals surface area (Å²) in [6.07, 6.45) is 3.10. The molecule has 120 valence electrons. The van der Waals surface area contributed by atoms with Crippen molar-refractivity contribution in [2.75, 3.05) is 6.54 Å². The van der Waals surface area contributed by atoms with Crippen LogP contribution in [0.2, 0.25) is 0 Å². The lowest BCUT2D eigenvalue weighted by atomic mass is 9.91. The third-order valence-corrected chi connectivity index (χ3v) is 3.69. The fraction of sp³-hybridized carbons (Fsp3) is 0.500. The Morgan fingerprint density at radius 2 is 2.18 bits per heavy atom. The number of carbonyl (C=O) groups is 1. The van der Waals surface area contributed by atoms with E-state index in [-0.39, 0.29) is 12.7 Å². The van der Waals surface area contributed by atoms with E-state index in [4.69, 9.17) is 4.74 Å². The van der Waals surface area contributed by atoms with Gasteiger partial charge in [-0.05, 0) is 55.9 Å². The van der Waals surface area contributed by atoms with Crippen molar-refractivity contribution in [3.05, 3.63) is 47.0 Å². The Kier molecular flexibility index (Phi) is 4.91. The van der Waals surface area contributed by atoms with Gasteiger partial charge < -0.3 is 14.7 Å². The van der Waals surface area contributed by atoms with Crippen molar-refractivity contribution in [2.24, 2.45) is 0 Å². The molecule has 4 heteroatoms. The molecule has 0 aromatic heterocycles. The first-order valence-corrected chi connectivity index (χ1v) is 7.67. The third-order valence-electron chi connectivity index (χ3n) is 3.69. The fourth-order valence-corrected chi connectivity index (χ4v) is 2.73. The second-order valence-electron chi connectivity index (χ2n) is 6.70. The van der Waals surface area contributed by atoms with Gasteiger partial charge in [0.05, 0.1) is 6.61 Å². The molecule has 0 saturated heterocycles. The number of aliphatic hydroxyl groups is 1. The molecule has 0 spiro atoms. The summed E-state index contributed by atoms with van der Waals surface area (Å²) in [6.45, 7) is 10.7. The Labute approximate surface area is 132 Å². The molecule has 0 fully saturated rings. The van der Waals surface area contributed by atoms with E-state index in [0.29, 0.717) is 13.1 Å². The van der Waals surface area contributed by atoms with Crippen LogP contribution in [0, 0.1) is 0 Å². The Hall–Kier alpha value is -1.81. The van der Waals surface area contributed by atoms with Crippen LogP contribution in [0.4, 0.5) is 4.79 Å². The van der Waals surface area contributed by atoms with Crippen LogP contribution in [-0.4, -0.2) is 28.2 Å². The molecule has 0 bridgehead atoms. The number of allylic oxidation sites excluding steroid dienone is 1. The Morgan fingerprint density at radius 3 is 2.77 bits per heavy atom. The van der Waals surface area contributed by atoms with Gasteiger partial charge in [-0.1, -0.05) is 18.2 Å². The van der Waals surface area contributed by atoms with E-state index in [1.165, 1.54) is 5.56 Å². The Bertz CT molecular complexity index is 572. The molecule has 1 aliphatic heterocycles. The van der Waals surface area contributed by atoms with Crippen molar-refractivity contribution in [1.29, 1.82) is 0 Å². The van der Waals surface area contributed by atoms with Crippen LogP contribution in [-0.2, 0) is 30.7 Å². The number of amides is 1. The largest absolute Gasteiger partial charge is 0.444 e. The zero-order valence-electron chi connectivity index (χ0n) is 13.7. The molecule has 1 aromatic carbocycles. The van der Waals surface area contributed by atoms with Gasteiger partial charge in [-0.3, -0.25) is 0 Å². The first-order valence-electron chi connectivity index (χ1n) is 7.67. The second kappa shape index (κ2) is 6.53. The average molecular weight is 303 g/mol. The lowest BCUT2D eigenvalue weighted by Gasteiger charge is -2.32. The zero-order valence-corrected chi connectivity index (χ0v) is 13.7. The van der Waals surface area contributed by atoms with Gasteiger partial charge in [-0.2, -0.15) is 0 Å². The van der Waals surface area contributed by atoms with E-state index < -0.39 is 5.60 Å². The summed E-state index contributed by atoms with van der Waals surface area (Å²) >= 11 is 0. The number of fused-ring (bicyclic) bond motifs is 1. The predicted octanol–water partition coefficient (Wildman–Crippen LogP) is 3.20. The predicted molar refractivity (Wildman–Crippen MR) is 86.6 cm³/mol. The van der Waals surface area contributed by atoms with Crippen molar-refractivity contribution in [2.45, 2.75) is 52.4 Å². The molecule has 0 unspecified atom stereocenters. The van der Waals surface area contributed by atoms with Gasteiger partial charge >= 0.3 is 6.09 Å². The summed E-state index contributed by atoms with van der Waals surface area (Å²) in [5.74, 6) is 0. The van der Waals surface area contributed by atoms with Crippen molar-refractivity contribution in [3.63, 3.8) is 0 Å². The summed E-state index contributed by atoms with van der Waals surface area (Å²) in [5.41, 5.74) is 3.94. The van der Waals surface area contributed by atoms with Crippen molar-refractivity contribution in [3.8, 4) is 0 Å². The van der Waals surface area contributed by atoms with E-state index in [9.17, 15) is 9.90 Å². The van der Waals surface area contributed by atoms with Crippen LogP contribution in [0.5, 0.6) is 0 Å². The number of nitrogens with zero attached hydrogens (tertiary/aromatic N) is 1. The molecule has 1 heterocycles. The molecule has 0 saturated carbocycles. The normalized spacial score (nSPS) is 14.5. The minimum Gasteiger partial charge on any atom is -0.444 e. The molecule has 1 aromatic rings. The van der Waals surface area contributed by atoms with E-state index in [1.54, 1.807) is 4.90 Å². The van der Waals surface area contributed by atoms with Gasteiger partial charge in [-0.15, -0.1) is 6.58 Å². The number of hydrogen-bond acceptors (Lipinski definition) is 3. The molecule has 4 nitrogen and oxygen atoms in total. The van der Waals surface area contributed by atoms with E-state index >= 15 is 0 Å². The molecule has 2 rings (SSSR count). The summed E-state index contributed by atoms with van der Waals surface area (Å²) in [6, 6.07) is 4.04. The minimum atomic E-state index is -0.484. The van der Waals surface area contributed by atoms with E-state index in [2.05, 4.69) is 6.58 Å².